The van der Waals surface area contributed by atoms with Gasteiger partial charge >= 0.3 is 0 Å². The van der Waals surface area contributed by atoms with Gasteiger partial charge in [0.2, 0.25) is 5.91 Å². The summed E-state index contributed by atoms with van der Waals surface area (Å²) in [5, 5.41) is 9.27. The van der Waals surface area contributed by atoms with E-state index in [4.69, 9.17) is 9.47 Å². The number of hydrogen-bond acceptors (Lipinski definition) is 4. The van der Waals surface area contributed by atoms with Crippen LogP contribution in [0.2, 0.25) is 0 Å². The van der Waals surface area contributed by atoms with Gasteiger partial charge in [-0.05, 0) is 6.42 Å². The molecule has 2 fully saturated rings. The smallest absolute Gasteiger partial charge is 0.239 e. The van der Waals surface area contributed by atoms with E-state index in [9.17, 15) is 4.79 Å². The normalized spacial score (nSPS) is 28.2. The second-order valence-electron chi connectivity index (χ2n) is 6.46. The van der Waals surface area contributed by atoms with Gasteiger partial charge in [0, 0.05) is 44.7 Å². The maximum atomic E-state index is 11.7. The van der Waals surface area contributed by atoms with Crippen molar-refractivity contribution in [1.29, 1.82) is 0 Å². The molecule has 3 N–H and O–H groups in total. The van der Waals surface area contributed by atoms with Crippen molar-refractivity contribution in [3.8, 4) is 0 Å². The van der Waals surface area contributed by atoms with Crippen LogP contribution in [0.25, 0.3) is 0 Å². The number of methoxy groups -OCH3 is 1. The molecule has 0 bridgehead atoms. The molecule has 8 heteroatoms. The number of amides is 1. The number of hydrogen-bond donors (Lipinski definition) is 3. The molecular formula is C15H29IN4O3. The summed E-state index contributed by atoms with van der Waals surface area (Å²) in [6.07, 6.45) is 1.42. The van der Waals surface area contributed by atoms with E-state index in [1.54, 1.807) is 14.2 Å². The van der Waals surface area contributed by atoms with Gasteiger partial charge in [-0.2, -0.15) is 0 Å². The maximum Gasteiger partial charge on any atom is 0.239 e. The summed E-state index contributed by atoms with van der Waals surface area (Å²) in [6, 6.07) is 0.322. The lowest BCUT2D eigenvalue weighted by molar-refractivity contribution is -0.120. The Morgan fingerprint density at radius 3 is 2.78 bits per heavy atom. The number of nitrogens with one attached hydrogen (secondary N) is 3. The Hall–Kier alpha value is -0.610. The van der Waals surface area contributed by atoms with E-state index < -0.39 is 0 Å². The Bertz CT molecular complexity index is 431. The zero-order valence-electron chi connectivity index (χ0n) is 14.3. The van der Waals surface area contributed by atoms with Crippen molar-refractivity contribution in [2.75, 3.05) is 40.5 Å². The van der Waals surface area contributed by atoms with Crippen molar-refractivity contribution in [3.63, 3.8) is 0 Å². The van der Waals surface area contributed by atoms with Gasteiger partial charge in [-0.25, -0.2) is 0 Å². The molecule has 0 aromatic heterocycles. The summed E-state index contributed by atoms with van der Waals surface area (Å²) in [6.45, 7) is 6.48. The number of nitrogens with zero attached hydrogens (tertiary/aromatic N) is 1. The lowest BCUT2D eigenvalue weighted by atomic mass is 9.57. The number of ether oxygens (including phenoxy) is 2. The molecule has 1 amide bonds. The third-order valence-corrected chi connectivity index (χ3v) is 4.66. The first-order valence-corrected chi connectivity index (χ1v) is 7.85. The fourth-order valence-corrected chi connectivity index (χ4v) is 3.48. The molecule has 3 unspecified atom stereocenters. The first-order valence-electron chi connectivity index (χ1n) is 7.85. The number of carbonyl (C=O) groups is 1. The highest BCUT2D eigenvalue weighted by molar-refractivity contribution is 14.0. The van der Waals surface area contributed by atoms with Gasteiger partial charge < -0.3 is 25.4 Å². The lowest BCUT2D eigenvalue weighted by Crippen LogP contribution is -2.68. The van der Waals surface area contributed by atoms with Gasteiger partial charge in [0.15, 0.2) is 5.96 Å². The average Bonchev–Trinajstić information content (AvgIpc) is 2.94. The van der Waals surface area contributed by atoms with Crippen LogP contribution < -0.4 is 16.0 Å². The molecule has 1 heterocycles. The summed E-state index contributed by atoms with van der Waals surface area (Å²) in [5.41, 5.74) is 0.0828. The van der Waals surface area contributed by atoms with Crippen molar-refractivity contribution in [3.05, 3.63) is 0 Å². The summed E-state index contributed by atoms with van der Waals surface area (Å²) in [4.78, 5) is 15.9. The molecule has 0 radical (unpaired) electrons. The van der Waals surface area contributed by atoms with Crippen molar-refractivity contribution in [2.45, 2.75) is 32.4 Å². The van der Waals surface area contributed by atoms with Gasteiger partial charge in [0.1, 0.15) is 0 Å². The quantitative estimate of drug-likeness (QED) is 0.240. The van der Waals surface area contributed by atoms with Gasteiger partial charge in [0.25, 0.3) is 0 Å². The first kappa shape index (κ1) is 20.4. The second-order valence-corrected chi connectivity index (χ2v) is 6.46. The summed E-state index contributed by atoms with van der Waals surface area (Å²) in [7, 11) is 3.32. The maximum absolute atomic E-state index is 11.7. The number of rotatable bonds is 6. The van der Waals surface area contributed by atoms with Crippen molar-refractivity contribution in [1.82, 2.24) is 16.0 Å². The van der Waals surface area contributed by atoms with E-state index in [1.807, 2.05) is 0 Å². The number of guanidine groups is 1. The third kappa shape index (κ3) is 4.69. The van der Waals surface area contributed by atoms with Crippen molar-refractivity contribution in [2.24, 2.45) is 16.3 Å². The fraction of sp³-hybridized carbons (Fsp3) is 0.867. The van der Waals surface area contributed by atoms with E-state index in [0.29, 0.717) is 37.2 Å². The van der Waals surface area contributed by atoms with Crippen molar-refractivity contribution >= 4 is 35.8 Å². The highest BCUT2D eigenvalue weighted by Crippen LogP contribution is 2.51. The zero-order valence-corrected chi connectivity index (χ0v) is 16.7. The minimum atomic E-state index is -0.0741. The van der Waals surface area contributed by atoms with Gasteiger partial charge in [-0.3, -0.25) is 9.79 Å². The third-order valence-electron chi connectivity index (χ3n) is 4.66. The van der Waals surface area contributed by atoms with Crippen LogP contribution in [-0.2, 0) is 14.3 Å². The monoisotopic (exact) mass is 440 g/mol. The molecule has 3 atom stereocenters. The lowest BCUT2D eigenvalue weighted by Gasteiger charge is -2.54. The van der Waals surface area contributed by atoms with E-state index in [2.05, 4.69) is 34.8 Å². The molecule has 1 aliphatic heterocycles. The summed E-state index contributed by atoms with van der Waals surface area (Å²) < 4.78 is 10.7. The predicted octanol–water partition coefficient (Wildman–Crippen LogP) is 0.346. The van der Waals surface area contributed by atoms with E-state index in [1.165, 1.54) is 0 Å². The highest BCUT2D eigenvalue weighted by Gasteiger charge is 2.59. The van der Waals surface area contributed by atoms with Crippen LogP contribution >= 0.6 is 24.0 Å². The molecule has 0 spiro atoms. The van der Waals surface area contributed by atoms with Crippen LogP contribution in [0.5, 0.6) is 0 Å². The number of carbonyl (C=O) groups excluding carboxylic acids is 1. The highest BCUT2D eigenvalue weighted by atomic mass is 127. The van der Waals surface area contributed by atoms with Crippen LogP contribution in [0.15, 0.2) is 4.99 Å². The van der Waals surface area contributed by atoms with Crippen LogP contribution in [0, 0.1) is 11.3 Å². The van der Waals surface area contributed by atoms with Gasteiger partial charge in [-0.15, -0.1) is 24.0 Å². The molecule has 1 saturated carbocycles. The van der Waals surface area contributed by atoms with Gasteiger partial charge in [0.05, 0.1) is 19.3 Å². The molecule has 1 saturated heterocycles. The Kier molecular flexibility index (Phi) is 8.02. The topological polar surface area (TPSA) is 84.0 Å². The second kappa shape index (κ2) is 9.03. The molecule has 23 heavy (non-hydrogen) atoms. The predicted molar refractivity (Wildman–Crippen MR) is 100 cm³/mol. The van der Waals surface area contributed by atoms with Crippen molar-refractivity contribution < 1.29 is 14.3 Å². The Balaban J connectivity index is 0.00000264. The molecule has 134 valence electrons. The Labute approximate surface area is 155 Å². The molecule has 2 rings (SSSR count). The SMILES string of the molecule is CN=C(NCC(=O)NCCOC)NC1C2CCOC2C1(C)C.I. The molecule has 2 aliphatic rings. The van der Waals surface area contributed by atoms with E-state index in [-0.39, 0.29) is 41.8 Å². The van der Waals surface area contributed by atoms with Gasteiger partial charge in [-0.1, -0.05) is 13.8 Å². The van der Waals surface area contributed by atoms with E-state index >= 15 is 0 Å². The molecular weight excluding hydrogens is 411 g/mol. The minimum Gasteiger partial charge on any atom is -0.383 e. The van der Waals surface area contributed by atoms with Crippen LogP contribution in [0.1, 0.15) is 20.3 Å². The molecule has 0 aromatic rings. The van der Waals surface area contributed by atoms with Crippen LogP contribution in [-0.4, -0.2) is 64.5 Å². The molecule has 1 aliphatic carbocycles. The summed E-state index contributed by atoms with van der Waals surface area (Å²) in [5.74, 6) is 1.12. The number of aliphatic imine (C=N–C) groups is 1. The number of halogens is 1. The van der Waals surface area contributed by atoms with E-state index in [0.717, 1.165) is 13.0 Å². The zero-order chi connectivity index (χ0) is 16.2. The fourth-order valence-electron chi connectivity index (χ4n) is 3.48. The Morgan fingerprint density at radius 1 is 1.39 bits per heavy atom. The average molecular weight is 440 g/mol. The van der Waals surface area contributed by atoms with Crippen LogP contribution in [0.4, 0.5) is 0 Å². The molecule has 7 nitrogen and oxygen atoms in total. The summed E-state index contributed by atoms with van der Waals surface area (Å²) >= 11 is 0. The largest absolute Gasteiger partial charge is 0.383 e. The van der Waals surface area contributed by atoms with Crippen LogP contribution in [0.3, 0.4) is 0 Å². The minimum absolute atomic E-state index is 0. The molecule has 0 aromatic carbocycles. The first-order chi connectivity index (χ1) is 10.5. The Morgan fingerprint density at radius 2 is 2.13 bits per heavy atom. The standard InChI is InChI=1S/C15H28N4O3.HI/c1-15(2)12(10-5-7-22-13(10)15)19-14(16-3)18-9-11(20)17-6-8-21-4;/h10,12-13H,5-9H2,1-4H3,(H,17,20)(H2,16,18,19);1H. The number of fused-ring (bicyclic) bond motifs is 1.